The highest BCUT2D eigenvalue weighted by atomic mass is 32.1. The number of nitrogens with one attached hydrogen (secondary N) is 1. The quantitative estimate of drug-likeness (QED) is 0.445. The van der Waals surface area contributed by atoms with E-state index in [1.54, 1.807) is 11.3 Å². The van der Waals surface area contributed by atoms with Crippen LogP contribution >= 0.6 is 11.3 Å². The molecule has 1 amide bonds. The van der Waals surface area contributed by atoms with Crippen molar-refractivity contribution in [2.24, 2.45) is 0 Å². The van der Waals surface area contributed by atoms with Gasteiger partial charge in [0.15, 0.2) is 0 Å². The molecule has 2 aromatic carbocycles. The van der Waals surface area contributed by atoms with Crippen LogP contribution in [-0.2, 0) is 11.2 Å². The third-order valence-corrected chi connectivity index (χ3v) is 6.65. The van der Waals surface area contributed by atoms with Gasteiger partial charge in [-0.3, -0.25) is 9.59 Å². The fourth-order valence-electron chi connectivity index (χ4n) is 3.83. The highest BCUT2D eigenvalue weighted by molar-refractivity contribution is 7.26. The lowest BCUT2D eigenvalue weighted by atomic mass is 10.1. The summed E-state index contributed by atoms with van der Waals surface area (Å²) in [6, 6.07) is 17.5. The van der Waals surface area contributed by atoms with Gasteiger partial charge in [0.05, 0.1) is 15.8 Å². The molecule has 0 unspecified atom stereocenters. The van der Waals surface area contributed by atoms with Crippen molar-refractivity contribution in [2.45, 2.75) is 39.2 Å². The average molecular weight is 420 g/mol. The lowest BCUT2D eigenvalue weighted by Crippen LogP contribution is -2.39. The van der Waals surface area contributed by atoms with E-state index in [2.05, 4.69) is 22.5 Å². The lowest BCUT2D eigenvalue weighted by molar-refractivity contribution is -0.124. The maximum atomic E-state index is 13.3. The van der Waals surface area contributed by atoms with Gasteiger partial charge in [-0.15, -0.1) is 11.3 Å². The van der Waals surface area contributed by atoms with Crippen molar-refractivity contribution in [3.63, 3.8) is 0 Å². The topological polar surface area (TPSA) is 64.0 Å². The molecule has 4 rings (SSSR count). The zero-order valence-electron chi connectivity index (χ0n) is 17.2. The molecule has 0 radical (unpaired) electrons. The molecule has 0 spiro atoms. The minimum atomic E-state index is -0.615. The summed E-state index contributed by atoms with van der Waals surface area (Å²) < 4.78 is 3.34. The first kappa shape index (κ1) is 20.3. The Labute approximate surface area is 179 Å². The minimum absolute atomic E-state index is 0.154. The number of carbonyl (C=O) groups is 1. The summed E-state index contributed by atoms with van der Waals surface area (Å²) in [5.41, 5.74) is 1.84. The fraction of sp³-hybridized carbons (Fsp3) is 0.292. The van der Waals surface area contributed by atoms with Gasteiger partial charge in [-0.1, -0.05) is 55.5 Å². The molecule has 2 aromatic heterocycles. The van der Waals surface area contributed by atoms with E-state index in [9.17, 15) is 9.59 Å². The van der Waals surface area contributed by atoms with Crippen LogP contribution < -0.4 is 10.9 Å². The molecule has 1 atom stereocenters. The number of nitrogens with zero attached hydrogens (tertiary/aromatic N) is 2. The molecule has 6 heteroatoms. The molecule has 1 N–H and O–H groups in total. The number of hydrogen-bond acceptors (Lipinski definition) is 4. The average Bonchev–Trinajstić information content (AvgIpc) is 3.16. The SMILES string of the molecule is CC[C@@H](C(=O)NCCCc1ccccc1)n1nc(C)c2sc3ccccc3c2c1=O. The van der Waals surface area contributed by atoms with E-state index in [1.165, 1.54) is 10.2 Å². The van der Waals surface area contributed by atoms with Crippen molar-refractivity contribution in [1.82, 2.24) is 15.1 Å². The Balaban J connectivity index is 1.56. The summed E-state index contributed by atoms with van der Waals surface area (Å²) in [5, 5.41) is 9.11. The van der Waals surface area contributed by atoms with E-state index in [0.29, 0.717) is 18.4 Å². The number of aromatic nitrogens is 2. The van der Waals surface area contributed by atoms with Crippen molar-refractivity contribution in [3.8, 4) is 0 Å². The molecule has 0 aliphatic rings. The van der Waals surface area contributed by atoms with Gasteiger partial charge in [-0.05, 0) is 37.8 Å². The number of hydrogen-bond donors (Lipinski definition) is 1. The summed E-state index contributed by atoms with van der Waals surface area (Å²) >= 11 is 1.58. The number of benzene rings is 2. The maximum absolute atomic E-state index is 13.3. The van der Waals surface area contributed by atoms with Gasteiger partial charge in [-0.25, -0.2) is 4.68 Å². The van der Waals surface area contributed by atoms with Crippen LogP contribution in [0.5, 0.6) is 0 Å². The van der Waals surface area contributed by atoms with Crippen molar-refractivity contribution >= 4 is 37.4 Å². The molecule has 0 aliphatic heterocycles. The van der Waals surface area contributed by atoms with Crippen LogP contribution in [0.25, 0.3) is 20.2 Å². The first-order valence-electron chi connectivity index (χ1n) is 10.3. The van der Waals surface area contributed by atoms with Crippen LogP contribution in [0.1, 0.15) is 37.1 Å². The van der Waals surface area contributed by atoms with Crippen molar-refractivity contribution in [1.29, 1.82) is 0 Å². The molecule has 0 aliphatic carbocycles. The first-order valence-corrected chi connectivity index (χ1v) is 11.1. The molecule has 0 fully saturated rings. The standard InChI is InChI=1S/C24H25N3O2S/c1-3-19(23(28)25-15-9-12-17-10-5-4-6-11-17)27-24(29)21-18-13-7-8-14-20(18)30-22(21)16(2)26-27/h4-8,10-11,13-14,19H,3,9,12,15H2,1-2H3,(H,25,28)/t19-/m0/s1. The highest BCUT2D eigenvalue weighted by Crippen LogP contribution is 2.33. The minimum Gasteiger partial charge on any atom is -0.354 e. The highest BCUT2D eigenvalue weighted by Gasteiger charge is 2.23. The number of carbonyl (C=O) groups excluding carboxylic acids is 1. The van der Waals surface area contributed by atoms with Crippen molar-refractivity contribution < 1.29 is 4.79 Å². The number of amides is 1. The molecule has 4 aromatic rings. The van der Waals surface area contributed by atoms with Gasteiger partial charge in [0.1, 0.15) is 6.04 Å². The number of fused-ring (bicyclic) bond motifs is 3. The van der Waals surface area contributed by atoms with Gasteiger partial charge >= 0.3 is 0 Å². The molecule has 154 valence electrons. The largest absolute Gasteiger partial charge is 0.354 e. The Morgan fingerprint density at radius 1 is 1.13 bits per heavy atom. The molecule has 0 bridgehead atoms. The van der Waals surface area contributed by atoms with Crippen LogP contribution in [0, 0.1) is 6.92 Å². The molecule has 5 nitrogen and oxygen atoms in total. The van der Waals surface area contributed by atoms with E-state index < -0.39 is 6.04 Å². The van der Waals surface area contributed by atoms with Crippen LogP contribution in [0.2, 0.25) is 0 Å². The third-order valence-electron chi connectivity index (χ3n) is 5.37. The van der Waals surface area contributed by atoms with E-state index in [1.807, 2.05) is 56.3 Å². The number of thiophene rings is 1. The number of rotatable bonds is 7. The molecule has 0 saturated carbocycles. The Morgan fingerprint density at radius 2 is 1.87 bits per heavy atom. The van der Waals surface area contributed by atoms with Gasteiger partial charge in [0.25, 0.3) is 5.56 Å². The van der Waals surface area contributed by atoms with E-state index in [0.717, 1.165) is 33.3 Å². The predicted molar refractivity (Wildman–Crippen MR) is 123 cm³/mol. The second-order valence-electron chi connectivity index (χ2n) is 7.44. The molecular formula is C24H25N3O2S. The van der Waals surface area contributed by atoms with Crippen molar-refractivity contribution in [3.05, 3.63) is 76.2 Å². The van der Waals surface area contributed by atoms with Crippen LogP contribution in [0.3, 0.4) is 0 Å². The Kier molecular flexibility index (Phi) is 5.95. The molecular weight excluding hydrogens is 394 g/mol. The summed E-state index contributed by atoms with van der Waals surface area (Å²) in [6.45, 7) is 4.38. The number of aryl methyl sites for hydroxylation is 2. The lowest BCUT2D eigenvalue weighted by Gasteiger charge is -2.17. The van der Waals surface area contributed by atoms with Gasteiger partial charge < -0.3 is 5.32 Å². The van der Waals surface area contributed by atoms with Gasteiger partial charge in [-0.2, -0.15) is 5.10 Å². The third kappa shape index (κ3) is 3.87. The summed E-state index contributed by atoms with van der Waals surface area (Å²) in [7, 11) is 0. The maximum Gasteiger partial charge on any atom is 0.276 e. The predicted octanol–water partition coefficient (Wildman–Crippen LogP) is 4.62. The molecule has 0 saturated heterocycles. The first-order chi connectivity index (χ1) is 14.6. The van der Waals surface area contributed by atoms with E-state index >= 15 is 0 Å². The summed E-state index contributed by atoms with van der Waals surface area (Å²) in [5.74, 6) is -0.154. The van der Waals surface area contributed by atoms with Crippen LogP contribution in [0.4, 0.5) is 0 Å². The van der Waals surface area contributed by atoms with Gasteiger partial charge in [0.2, 0.25) is 5.91 Å². The molecule has 2 heterocycles. The van der Waals surface area contributed by atoms with E-state index in [4.69, 9.17) is 0 Å². The fourth-order valence-corrected chi connectivity index (χ4v) is 4.96. The van der Waals surface area contributed by atoms with Gasteiger partial charge in [0, 0.05) is 16.6 Å². The Hall–Kier alpha value is -2.99. The Morgan fingerprint density at radius 3 is 2.63 bits per heavy atom. The molecule has 30 heavy (non-hydrogen) atoms. The monoisotopic (exact) mass is 419 g/mol. The summed E-state index contributed by atoms with van der Waals surface area (Å²) in [6.07, 6.45) is 2.26. The zero-order chi connectivity index (χ0) is 21.1. The summed E-state index contributed by atoms with van der Waals surface area (Å²) in [4.78, 5) is 26.2. The normalized spacial score (nSPS) is 12.3. The smallest absolute Gasteiger partial charge is 0.276 e. The Bertz CT molecular complexity index is 1240. The van der Waals surface area contributed by atoms with Crippen LogP contribution in [-0.4, -0.2) is 22.2 Å². The second kappa shape index (κ2) is 8.79. The zero-order valence-corrected chi connectivity index (χ0v) is 18.0. The van der Waals surface area contributed by atoms with E-state index in [-0.39, 0.29) is 11.5 Å². The second-order valence-corrected chi connectivity index (χ2v) is 8.49. The van der Waals surface area contributed by atoms with Crippen LogP contribution in [0.15, 0.2) is 59.4 Å². The van der Waals surface area contributed by atoms with Crippen molar-refractivity contribution in [2.75, 3.05) is 6.54 Å².